The number of nitro groups is 1. The molecule has 20 heavy (non-hydrogen) atoms. The number of nitro benzene ring substituents is 1. The second kappa shape index (κ2) is 7.78. The van der Waals surface area contributed by atoms with Crippen molar-refractivity contribution in [1.29, 1.82) is 0 Å². The third kappa shape index (κ3) is 4.76. The minimum absolute atomic E-state index is 0.00620. The number of nitrogen functional groups attached to an aromatic ring is 1. The summed E-state index contributed by atoms with van der Waals surface area (Å²) in [6.45, 7) is 2.56. The fourth-order valence-electron chi connectivity index (χ4n) is 2.06. The summed E-state index contributed by atoms with van der Waals surface area (Å²) in [6, 6.07) is 4.98. The van der Waals surface area contributed by atoms with Crippen LogP contribution < -0.4 is 11.3 Å². The van der Waals surface area contributed by atoms with Crippen molar-refractivity contribution in [3.05, 3.63) is 33.9 Å². The van der Waals surface area contributed by atoms with Crippen LogP contribution in [0.3, 0.4) is 0 Å². The number of nitrogens with zero attached hydrogens (tertiary/aromatic N) is 3. The molecule has 1 aromatic carbocycles. The molecule has 0 radical (unpaired) electrons. The average Bonchev–Trinajstić information content (AvgIpc) is 2.37. The first-order chi connectivity index (χ1) is 9.45. The Kier molecular flexibility index (Phi) is 6.37. The van der Waals surface area contributed by atoms with Gasteiger partial charge >= 0.3 is 0 Å². The van der Waals surface area contributed by atoms with Crippen LogP contribution in [0.25, 0.3) is 0 Å². The van der Waals surface area contributed by atoms with Crippen LogP contribution in [0.2, 0.25) is 0 Å². The van der Waals surface area contributed by atoms with Crippen molar-refractivity contribution in [3.8, 4) is 0 Å². The predicted molar refractivity (Wildman–Crippen MR) is 80.4 cm³/mol. The van der Waals surface area contributed by atoms with Gasteiger partial charge in [0.1, 0.15) is 5.69 Å². The second-order valence-electron chi connectivity index (χ2n) is 5.11. The number of hydrazine groups is 1. The van der Waals surface area contributed by atoms with E-state index in [9.17, 15) is 10.1 Å². The van der Waals surface area contributed by atoms with Crippen LogP contribution in [-0.2, 0) is 6.54 Å². The van der Waals surface area contributed by atoms with Crippen molar-refractivity contribution in [2.75, 3.05) is 39.7 Å². The first-order valence-corrected chi connectivity index (χ1v) is 6.52. The van der Waals surface area contributed by atoms with Gasteiger partial charge in [-0.2, -0.15) is 0 Å². The molecule has 112 valence electrons. The van der Waals surface area contributed by atoms with E-state index in [0.717, 1.165) is 25.1 Å². The second-order valence-corrected chi connectivity index (χ2v) is 5.11. The number of hydrogen-bond acceptors (Lipinski definition) is 6. The van der Waals surface area contributed by atoms with Crippen molar-refractivity contribution in [2.45, 2.75) is 13.0 Å². The molecule has 7 nitrogen and oxygen atoms in total. The monoisotopic (exact) mass is 281 g/mol. The summed E-state index contributed by atoms with van der Waals surface area (Å²) >= 11 is 0. The van der Waals surface area contributed by atoms with E-state index < -0.39 is 4.92 Å². The first kappa shape index (κ1) is 16.4. The number of rotatable bonds is 8. The van der Waals surface area contributed by atoms with Gasteiger partial charge in [0.15, 0.2) is 0 Å². The Balaban J connectivity index is 2.71. The molecule has 0 bridgehead atoms. The smallest absolute Gasteiger partial charge is 0.293 e. The third-order valence-electron chi connectivity index (χ3n) is 3.06. The van der Waals surface area contributed by atoms with E-state index in [1.54, 1.807) is 6.07 Å². The summed E-state index contributed by atoms with van der Waals surface area (Å²) in [7, 11) is 6.07. The number of hydrogen-bond donors (Lipinski definition) is 2. The number of anilines is 1. The summed E-state index contributed by atoms with van der Waals surface area (Å²) in [6.07, 6.45) is 1.05. The van der Waals surface area contributed by atoms with Crippen LogP contribution >= 0.6 is 0 Å². The molecule has 0 unspecified atom stereocenters. The van der Waals surface area contributed by atoms with Gasteiger partial charge in [0.2, 0.25) is 0 Å². The zero-order valence-corrected chi connectivity index (χ0v) is 12.3. The molecule has 1 aromatic rings. The van der Waals surface area contributed by atoms with Crippen LogP contribution in [0.1, 0.15) is 12.0 Å². The van der Waals surface area contributed by atoms with Gasteiger partial charge in [-0.15, -0.1) is 0 Å². The summed E-state index contributed by atoms with van der Waals surface area (Å²) in [5.74, 6) is 5.43. The van der Waals surface area contributed by atoms with E-state index in [1.165, 1.54) is 6.07 Å². The zero-order valence-electron chi connectivity index (χ0n) is 12.3. The Morgan fingerprint density at radius 3 is 2.55 bits per heavy atom. The van der Waals surface area contributed by atoms with Crippen molar-refractivity contribution >= 4 is 11.4 Å². The molecule has 0 heterocycles. The molecule has 0 aromatic heterocycles. The Morgan fingerprint density at radius 1 is 1.30 bits per heavy atom. The molecular weight excluding hydrogens is 258 g/mol. The van der Waals surface area contributed by atoms with E-state index in [0.29, 0.717) is 12.2 Å². The number of para-hydroxylation sites is 1. The van der Waals surface area contributed by atoms with Gasteiger partial charge in [0, 0.05) is 12.6 Å². The lowest BCUT2D eigenvalue weighted by Gasteiger charge is -2.19. The van der Waals surface area contributed by atoms with Gasteiger partial charge in [-0.25, -0.2) is 0 Å². The van der Waals surface area contributed by atoms with Crippen molar-refractivity contribution in [2.24, 2.45) is 5.84 Å². The topological polar surface area (TPSA) is 87.7 Å². The fourth-order valence-corrected chi connectivity index (χ4v) is 2.06. The van der Waals surface area contributed by atoms with E-state index in [1.807, 2.05) is 27.2 Å². The highest BCUT2D eigenvalue weighted by atomic mass is 16.6. The highest BCUT2D eigenvalue weighted by Gasteiger charge is 2.17. The summed E-state index contributed by atoms with van der Waals surface area (Å²) < 4.78 is 0. The van der Waals surface area contributed by atoms with Gasteiger partial charge in [0.25, 0.3) is 5.69 Å². The molecule has 0 aliphatic rings. The lowest BCUT2D eigenvalue weighted by atomic mass is 10.1. The van der Waals surface area contributed by atoms with E-state index in [-0.39, 0.29) is 5.69 Å². The summed E-state index contributed by atoms with van der Waals surface area (Å²) in [5, 5.41) is 11.0. The highest BCUT2D eigenvalue weighted by Crippen LogP contribution is 2.28. The van der Waals surface area contributed by atoms with Crippen LogP contribution in [0.5, 0.6) is 0 Å². The van der Waals surface area contributed by atoms with E-state index in [2.05, 4.69) is 15.2 Å². The Bertz CT molecular complexity index is 450. The molecule has 3 N–H and O–H groups in total. The van der Waals surface area contributed by atoms with Crippen LogP contribution in [0.4, 0.5) is 11.4 Å². The lowest BCUT2D eigenvalue weighted by molar-refractivity contribution is -0.384. The molecule has 0 fully saturated rings. The van der Waals surface area contributed by atoms with Gasteiger partial charge in [-0.3, -0.25) is 16.0 Å². The molecule has 0 saturated heterocycles. The van der Waals surface area contributed by atoms with Gasteiger partial charge in [-0.05, 0) is 46.2 Å². The maximum absolute atomic E-state index is 11.0. The summed E-state index contributed by atoms with van der Waals surface area (Å²) in [5.41, 5.74) is 3.67. The summed E-state index contributed by atoms with van der Waals surface area (Å²) in [4.78, 5) is 14.8. The first-order valence-electron chi connectivity index (χ1n) is 6.52. The van der Waals surface area contributed by atoms with E-state index >= 15 is 0 Å². The SMILES string of the molecule is CN(C)CCCN(C)Cc1cccc([N+](=O)[O-])c1NN. The average molecular weight is 281 g/mol. The normalized spacial score (nSPS) is 11.1. The van der Waals surface area contributed by atoms with Gasteiger partial charge in [-0.1, -0.05) is 12.1 Å². The van der Waals surface area contributed by atoms with Gasteiger partial charge < -0.3 is 15.2 Å². The Labute approximate surface area is 119 Å². The standard InChI is InChI=1S/C13H23N5O2/c1-16(2)8-5-9-17(3)10-11-6-4-7-12(18(19)20)13(11)15-14/h4,6-7,15H,5,8-10,14H2,1-3H3. The minimum atomic E-state index is -0.426. The van der Waals surface area contributed by atoms with Crippen molar-refractivity contribution in [1.82, 2.24) is 9.80 Å². The molecule has 0 amide bonds. The third-order valence-corrected chi connectivity index (χ3v) is 3.06. The Morgan fingerprint density at radius 2 is 2.00 bits per heavy atom. The lowest BCUT2D eigenvalue weighted by Crippen LogP contribution is -2.24. The predicted octanol–water partition coefficient (Wildman–Crippen LogP) is 1.26. The molecule has 7 heteroatoms. The van der Waals surface area contributed by atoms with Crippen LogP contribution in [-0.4, -0.2) is 49.0 Å². The number of nitrogens with one attached hydrogen (secondary N) is 1. The molecule has 1 rings (SSSR count). The molecule has 0 atom stereocenters. The minimum Gasteiger partial charge on any atom is -0.318 e. The number of benzene rings is 1. The molecule has 0 aliphatic heterocycles. The Hall–Kier alpha value is -1.70. The van der Waals surface area contributed by atoms with Gasteiger partial charge in [0.05, 0.1) is 4.92 Å². The van der Waals surface area contributed by atoms with Crippen LogP contribution in [0.15, 0.2) is 18.2 Å². The van der Waals surface area contributed by atoms with Crippen molar-refractivity contribution < 1.29 is 4.92 Å². The molecule has 0 aliphatic carbocycles. The van der Waals surface area contributed by atoms with E-state index in [4.69, 9.17) is 5.84 Å². The largest absolute Gasteiger partial charge is 0.318 e. The zero-order chi connectivity index (χ0) is 15.1. The molecule has 0 spiro atoms. The quantitative estimate of drug-likeness (QED) is 0.424. The molecule has 0 saturated carbocycles. The fraction of sp³-hybridized carbons (Fsp3) is 0.538. The highest BCUT2D eigenvalue weighted by molar-refractivity contribution is 5.65. The molecular formula is C13H23N5O2. The maximum Gasteiger partial charge on any atom is 0.293 e. The number of nitrogens with two attached hydrogens (primary N) is 1. The van der Waals surface area contributed by atoms with Crippen LogP contribution in [0, 0.1) is 10.1 Å². The maximum atomic E-state index is 11.0. The van der Waals surface area contributed by atoms with Crippen molar-refractivity contribution in [3.63, 3.8) is 0 Å².